The van der Waals surface area contributed by atoms with Crippen molar-refractivity contribution in [3.05, 3.63) is 235 Å². The van der Waals surface area contributed by atoms with Crippen LogP contribution < -0.4 is 4.90 Å². The van der Waals surface area contributed by atoms with Gasteiger partial charge in [0.2, 0.25) is 0 Å². The number of rotatable bonds is 5. The van der Waals surface area contributed by atoms with Crippen molar-refractivity contribution in [2.24, 2.45) is 0 Å². The molecule has 0 N–H and O–H groups in total. The molecule has 0 unspecified atom stereocenters. The standard InChI is InChI=1S/C53H35NS/c1-3-14-36(15-4-1)38-26-31-41(32-27-38)54(42-33-28-39(29-34-42)37-16-5-2-6-17-37)49-25-13-24-48-52(49)55-50-35-30-40-18-7-8-19-43(40)51(50)53(48)46-22-11-9-20-44(46)45-21-10-12-23-47(45)53/h1-35H. The summed E-state index contributed by atoms with van der Waals surface area (Å²) >= 11 is 1.91. The summed E-state index contributed by atoms with van der Waals surface area (Å²) in [5.41, 5.74) is 15.7. The third-order valence-electron chi connectivity index (χ3n) is 11.5. The molecule has 1 aliphatic carbocycles. The van der Waals surface area contributed by atoms with Crippen LogP contribution in [0.4, 0.5) is 17.1 Å². The highest BCUT2D eigenvalue weighted by atomic mass is 32.2. The number of nitrogens with zero attached hydrogens (tertiary/aromatic N) is 1. The highest BCUT2D eigenvalue weighted by molar-refractivity contribution is 7.99. The molecule has 55 heavy (non-hydrogen) atoms. The SMILES string of the molecule is c1ccc(-c2ccc(N(c3ccc(-c4ccccc4)cc3)c3cccc4c3Sc3ccc5ccccc5c3C43c4ccccc4-c4ccccc43)cc2)cc1. The van der Waals surface area contributed by atoms with E-state index >= 15 is 0 Å². The van der Waals surface area contributed by atoms with Gasteiger partial charge in [0, 0.05) is 21.2 Å². The third kappa shape index (κ3) is 4.88. The molecule has 2 aliphatic rings. The van der Waals surface area contributed by atoms with Gasteiger partial charge in [-0.1, -0.05) is 188 Å². The van der Waals surface area contributed by atoms with Crippen molar-refractivity contribution in [2.45, 2.75) is 15.2 Å². The van der Waals surface area contributed by atoms with Gasteiger partial charge in [-0.2, -0.15) is 0 Å². The quantitative estimate of drug-likeness (QED) is 0.174. The molecule has 0 fully saturated rings. The van der Waals surface area contributed by atoms with E-state index in [4.69, 9.17) is 0 Å². The second kappa shape index (κ2) is 12.8. The largest absolute Gasteiger partial charge is 0.309 e. The van der Waals surface area contributed by atoms with Gasteiger partial charge < -0.3 is 4.90 Å². The first kappa shape index (κ1) is 31.9. The van der Waals surface area contributed by atoms with E-state index in [2.05, 4.69) is 217 Å². The number of hydrogen-bond donors (Lipinski definition) is 0. The fourth-order valence-electron chi connectivity index (χ4n) is 9.16. The Labute approximate surface area is 326 Å². The molecule has 2 heteroatoms. The minimum atomic E-state index is -0.500. The number of anilines is 3. The Kier molecular flexibility index (Phi) is 7.40. The van der Waals surface area contributed by atoms with Gasteiger partial charge in [-0.05, 0) is 103 Å². The number of fused-ring (bicyclic) bond motifs is 11. The topological polar surface area (TPSA) is 3.24 Å². The molecule has 0 atom stereocenters. The first-order chi connectivity index (χ1) is 27.3. The second-order valence-electron chi connectivity index (χ2n) is 14.4. The number of benzene rings is 9. The lowest BCUT2D eigenvalue weighted by Gasteiger charge is -2.42. The Morgan fingerprint density at radius 2 is 0.855 bits per heavy atom. The Hall–Kier alpha value is -6.61. The predicted octanol–water partition coefficient (Wildman–Crippen LogP) is 14.5. The maximum absolute atomic E-state index is 2.46. The molecule has 9 aromatic rings. The van der Waals surface area contributed by atoms with E-state index in [-0.39, 0.29) is 0 Å². The Bertz CT molecular complexity index is 2750. The summed E-state index contributed by atoms with van der Waals surface area (Å²) in [4.78, 5) is 5.03. The van der Waals surface area contributed by atoms with E-state index in [1.165, 1.54) is 81.9 Å². The Morgan fingerprint density at radius 3 is 1.45 bits per heavy atom. The van der Waals surface area contributed by atoms with Gasteiger partial charge in [0.1, 0.15) is 0 Å². The maximum atomic E-state index is 2.46. The summed E-state index contributed by atoms with van der Waals surface area (Å²) in [7, 11) is 0. The molecule has 258 valence electrons. The predicted molar refractivity (Wildman–Crippen MR) is 231 cm³/mol. The van der Waals surface area contributed by atoms with Crippen molar-refractivity contribution >= 4 is 39.6 Å². The molecule has 1 heterocycles. The first-order valence-corrected chi connectivity index (χ1v) is 19.7. The van der Waals surface area contributed by atoms with Crippen LogP contribution in [0, 0.1) is 0 Å². The number of hydrogen-bond acceptors (Lipinski definition) is 2. The molecule has 0 radical (unpaired) electrons. The average Bonchev–Trinajstić information content (AvgIpc) is 3.55. The van der Waals surface area contributed by atoms with Crippen molar-refractivity contribution in [3.63, 3.8) is 0 Å². The lowest BCUT2D eigenvalue weighted by Crippen LogP contribution is -2.33. The summed E-state index contributed by atoms with van der Waals surface area (Å²) in [5.74, 6) is 0. The van der Waals surface area contributed by atoms with E-state index in [1.807, 2.05) is 11.8 Å². The molecule has 0 amide bonds. The fraction of sp³-hybridized carbons (Fsp3) is 0.0189. The minimum Gasteiger partial charge on any atom is -0.309 e. The van der Waals surface area contributed by atoms with Crippen molar-refractivity contribution < 1.29 is 0 Å². The van der Waals surface area contributed by atoms with Gasteiger partial charge in [0.25, 0.3) is 0 Å². The van der Waals surface area contributed by atoms with Gasteiger partial charge in [0.15, 0.2) is 0 Å². The monoisotopic (exact) mass is 717 g/mol. The van der Waals surface area contributed by atoms with Crippen LogP contribution in [0.3, 0.4) is 0 Å². The average molecular weight is 718 g/mol. The zero-order valence-corrected chi connectivity index (χ0v) is 30.9. The summed E-state index contributed by atoms with van der Waals surface area (Å²) in [6.07, 6.45) is 0. The van der Waals surface area contributed by atoms with Crippen molar-refractivity contribution in [2.75, 3.05) is 4.90 Å². The summed E-state index contributed by atoms with van der Waals surface area (Å²) in [6, 6.07) is 78.2. The van der Waals surface area contributed by atoms with Crippen LogP contribution in [0.1, 0.15) is 22.3 Å². The van der Waals surface area contributed by atoms with Crippen molar-refractivity contribution in [3.8, 4) is 33.4 Å². The molecule has 0 saturated carbocycles. The van der Waals surface area contributed by atoms with E-state index < -0.39 is 5.41 Å². The Balaban J connectivity index is 1.18. The molecular weight excluding hydrogens is 683 g/mol. The van der Waals surface area contributed by atoms with Crippen LogP contribution >= 0.6 is 11.8 Å². The maximum Gasteiger partial charge on any atom is 0.0742 e. The smallest absolute Gasteiger partial charge is 0.0742 e. The molecule has 11 rings (SSSR count). The molecule has 1 aliphatic heterocycles. The highest BCUT2D eigenvalue weighted by Crippen LogP contribution is 2.65. The lowest BCUT2D eigenvalue weighted by atomic mass is 9.66. The van der Waals surface area contributed by atoms with Crippen LogP contribution in [0.25, 0.3) is 44.2 Å². The van der Waals surface area contributed by atoms with Crippen molar-refractivity contribution in [1.82, 2.24) is 0 Å². The molecule has 9 aromatic carbocycles. The van der Waals surface area contributed by atoms with E-state index in [9.17, 15) is 0 Å². The van der Waals surface area contributed by atoms with Crippen molar-refractivity contribution in [1.29, 1.82) is 0 Å². The Morgan fingerprint density at radius 1 is 0.364 bits per heavy atom. The molecular formula is C53H35NS. The van der Waals surface area contributed by atoms with Crippen LogP contribution in [-0.2, 0) is 5.41 Å². The lowest BCUT2D eigenvalue weighted by molar-refractivity contribution is 0.730. The van der Waals surface area contributed by atoms with E-state index in [0.29, 0.717) is 0 Å². The summed E-state index contributed by atoms with van der Waals surface area (Å²) < 4.78 is 0. The molecule has 0 aromatic heterocycles. The van der Waals surface area contributed by atoms with Gasteiger partial charge >= 0.3 is 0 Å². The van der Waals surface area contributed by atoms with E-state index in [0.717, 1.165) is 11.4 Å². The normalized spacial score (nSPS) is 13.2. The molecule has 1 spiro atoms. The first-order valence-electron chi connectivity index (χ1n) is 18.9. The highest BCUT2D eigenvalue weighted by Gasteiger charge is 2.51. The summed E-state index contributed by atoms with van der Waals surface area (Å²) in [5, 5.41) is 2.57. The van der Waals surface area contributed by atoms with Crippen LogP contribution in [-0.4, -0.2) is 0 Å². The van der Waals surface area contributed by atoms with E-state index in [1.54, 1.807) is 0 Å². The fourth-order valence-corrected chi connectivity index (χ4v) is 10.5. The minimum absolute atomic E-state index is 0.500. The van der Waals surface area contributed by atoms with Gasteiger partial charge in [-0.3, -0.25) is 0 Å². The van der Waals surface area contributed by atoms with Crippen LogP contribution in [0.2, 0.25) is 0 Å². The van der Waals surface area contributed by atoms with Crippen LogP contribution in [0.15, 0.2) is 222 Å². The van der Waals surface area contributed by atoms with Crippen LogP contribution in [0.5, 0.6) is 0 Å². The second-order valence-corrected chi connectivity index (χ2v) is 15.5. The zero-order valence-electron chi connectivity index (χ0n) is 30.1. The summed E-state index contributed by atoms with van der Waals surface area (Å²) in [6.45, 7) is 0. The molecule has 1 nitrogen and oxygen atoms in total. The van der Waals surface area contributed by atoms with Gasteiger partial charge in [-0.25, -0.2) is 0 Å². The van der Waals surface area contributed by atoms with Gasteiger partial charge in [-0.15, -0.1) is 0 Å². The van der Waals surface area contributed by atoms with Gasteiger partial charge in [0.05, 0.1) is 11.1 Å². The zero-order chi connectivity index (χ0) is 36.3. The third-order valence-corrected chi connectivity index (χ3v) is 12.7. The molecule has 0 saturated heterocycles. The molecule has 0 bridgehead atoms.